The number of amides is 1. The summed E-state index contributed by atoms with van der Waals surface area (Å²) in [5.74, 6) is -2.85. The minimum absolute atomic E-state index is 0.0282. The van der Waals surface area contributed by atoms with Gasteiger partial charge in [0.2, 0.25) is 5.91 Å². The number of carbonyl (C=O) groups excluding carboxylic acids is 2. The first-order chi connectivity index (χ1) is 13.9. The van der Waals surface area contributed by atoms with Gasteiger partial charge in [-0.1, -0.05) is 70.1 Å². The van der Waals surface area contributed by atoms with E-state index in [0.29, 0.717) is 0 Å². The van der Waals surface area contributed by atoms with Gasteiger partial charge in [-0.15, -0.1) is 0 Å². The van der Waals surface area contributed by atoms with Crippen LogP contribution in [-0.2, 0) is 19.1 Å². The molecule has 3 rings (SSSR count). The largest absolute Gasteiger partial charge is 0.480 e. The molecule has 0 saturated heterocycles. The third kappa shape index (κ3) is 4.75. The van der Waals surface area contributed by atoms with Gasteiger partial charge >= 0.3 is 11.9 Å². The number of aliphatic carboxylic acids is 1. The van der Waals surface area contributed by atoms with Gasteiger partial charge in [-0.3, -0.25) is 14.4 Å². The molecule has 152 valence electrons. The van der Waals surface area contributed by atoms with Gasteiger partial charge in [0.05, 0.1) is 0 Å². The summed E-state index contributed by atoms with van der Waals surface area (Å²) in [7, 11) is 1.86. The fraction of sp³-hybridized carbons (Fsp3) is 0.250. The smallest absolute Gasteiger partial charge is 0.329 e. The third-order valence-corrected chi connectivity index (χ3v) is 7.20. The summed E-state index contributed by atoms with van der Waals surface area (Å²) in [6.07, 6.45) is 0. The van der Waals surface area contributed by atoms with E-state index in [1.807, 2.05) is 48.5 Å². The average Bonchev–Trinajstić information content (AvgIpc) is 3.02. The van der Waals surface area contributed by atoms with Crippen LogP contribution in [0.25, 0.3) is 11.1 Å². The second-order valence-electron chi connectivity index (χ2n) is 6.47. The highest BCUT2D eigenvalue weighted by Crippen LogP contribution is 2.44. The quantitative estimate of drug-likeness (QED) is 0.311. The summed E-state index contributed by atoms with van der Waals surface area (Å²) < 4.78 is 5.45. The summed E-state index contributed by atoms with van der Waals surface area (Å²) in [5.41, 5.74) is 15.1. The molecule has 0 fully saturated rings. The predicted octanol–water partition coefficient (Wildman–Crippen LogP) is 1.99. The van der Waals surface area contributed by atoms with Crippen LogP contribution in [0.2, 0.25) is 0 Å². The summed E-state index contributed by atoms with van der Waals surface area (Å²) in [6.45, 7) is 0.0799. The Kier molecular flexibility index (Phi) is 6.83. The topological polar surface area (TPSA) is 133 Å². The summed E-state index contributed by atoms with van der Waals surface area (Å²) in [6, 6.07) is 14.7. The Morgan fingerprint density at radius 3 is 2.10 bits per heavy atom. The number of carboxylic acid groups (broad SMARTS) is 1. The number of hydrogen-bond donors (Lipinski definition) is 3. The molecule has 0 aromatic heterocycles. The molecule has 1 aliphatic carbocycles. The molecular weight excluding hydrogens is 412 g/mol. The highest BCUT2D eigenvalue weighted by molar-refractivity contribution is 8.77. The average molecular weight is 433 g/mol. The molecule has 29 heavy (non-hydrogen) atoms. The molecule has 2 aromatic carbocycles. The molecule has 7 nitrogen and oxygen atoms in total. The predicted molar refractivity (Wildman–Crippen MR) is 113 cm³/mol. The van der Waals surface area contributed by atoms with Crippen molar-refractivity contribution in [1.82, 2.24) is 0 Å². The minimum Gasteiger partial charge on any atom is -0.480 e. The maximum atomic E-state index is 12.5. The number of esters is 1. The van der Waals surface area contributed by atoms with Crippen LogP contribution in [0, 0.1) is 0 Å². The van der Waals surface area contributed by atoms with Crippen LogP contribution < -0.4 is 11.5 Å². The van der Waals surface area contributed by atoms with Crippen molar-refractivity contribution in [3.8, 4) is 11.1 Å². The molecule has 2 aromatic rings. The fourth-order valence-corrected chi connectivity index (χ4v) is 5.48. The zero-order chi connectivity index (χ0) is 21.0. The lowest BCUT2D eigenvalue weighted by Gasteiger charge is -2.17. The van der Waals surface area contributed by atoms with Gasteiger partial charge in [-0.25, -0.2) is 0 Å². The van der Waals surface area contributed by atoms with E-state index in [0.717, 1.165) is 43.8 Å². The highest BCUT2D eigenvalue weighted by atomic mass is 33.1. The van der Waals surface area contributed by atoms with E-state index < -0.39 is 29.1 Å². The molecule has 5 N–H and O–H groups in total. The minimum atomic E-state index is -1.24. The fourth-order valence-electron chi connectivity index (χ4n) is 3.14. The van der Waals surface area contributed by atoms with E-state index in [-0.39, 0.29) is 18.3 Å². The number of ether oxygens (including phenoxy) is 1. The SMILES string of the molecule is NC(=O)C(SSCC(N)C(=O)O)C(=O)OCC1c2ccccc2-c2ccccc21. The maximum absolute atomic E-state index is 12.5. The normalized spacial score (nSPS) is 14.5. The van der Waals surface area contributed by atoms with Crippen molar-refractivity contribution >= 4 is 39.4 Å². The zero-order valence-corrected chi connectivity index (χ0v) is 16.9. The molecule has 0 heterocycles. The van der Waals surface area contributed by atoms with E-state index >= 15 is 0 Å². The molecule has 1 aliphatic rings. The van der Waals surface area contributed by atoms with Gasteiger partial charge < -0.3 is 21.3 Å². The van der Waals surface area contributed by atoms with Crippen molar-refractivity contribution in [2.75, 3.05) is 12.4 Å². The van der Waals surface area contributed by atoms with Crippen LogP contribution in [0.1, 0.15) is 17.0 Å². The molecule has 0 aliphatic heterocycles. The number of carboxylic acids is 1. The molecule has 9 heteroatoms. The molecule has 0 radical (unpaired) electrons. The van der Waals surface area contributed by atoms with Crippen LogP contribution in [0.3, 0.4) is 0 Å². The first kappa shape index (κ1) is 21.2. The maximum Gasteiger partial charge on any atom is 0.329 e. The van der Waals surface area contributed by atoms with Gasteiger partial charge in [0.15, 0.2) is 5.25 Å². The van der Waals surface area contributed by atoms with E-state index in [4.69, 9.17) is 21.3 Å². The first-order valence-electron chi connectivity index (χ1n) is 8.81. The standard InChI is InChI=1S/C20H20N2O5S2/c21-16(19(24)25)10-28-29-17(18(22)23)20(26)27-9-15-13-7-3-1-5-11(13)12-6-2-4-8-14(12)15/h1-8,15-17H,9-10,21H2,(H2,22,23)(H,24,25). The van der Waals surface area contributed by atoms with Gasteiger partial charge in [-0.2, -0.15) is 0 Å². The van der Waals surface area contributed by atoms with Crippen LogP contribution in [-0.4, -0.2) is 46.6 Å². The lowest BCUT2D eigenvalue weighted by molar-refractivity contribution is -0.145. The number of rotatable bonds is 9. The van der Waals surface area contributed by atoms with Crippen molar-refractivity contribution in [3.63, 3.8) is 0 Å². The van der Waals surface area contributed by atoms with E-state index in [1.54, 1.807) is 0 Å². The summed E-state index contributed by atoms with van der Waals surface area (Å²) in [5, 5.41) is 7.56. The second-order valence-corrected chi connectivity index (χ2v) is 8.98. The van der Waals surface area contributed by atoms with Crippen LogP contribution >= 0.6 is 21.6 Å². The van der Waals surface area contributed by atoms with Gasteiger partial charge in [0, 0.05) is 11.7 Å². The molecule has 1 amide bonds. The molecule has 2 unspecified atom stereocenters. The number of fused-ring (bicyclic) bond motifs is 3. The van der Waals surface area contributed by atoms with E-state index in [1.165, 1.54) is 0 Å². The lowest BCUT2D eigenvalue weighted by atomic mass is 9.98. The van der Waals surface area contributed by atoms with E-state index in [9.17, 15) is 14.4 Å². The Morgan fingerprint density at radius 2 is 1.59 bits per heavy atom. The second kappa shape index (κ2) is 9.34. The van der Waals surface area contributed by atoms with Crippen LogP contribution in [0.15, 0.2) is 48.5 Å². The Hall–Kier alpha value is -2.49. The zero-order valence-electron chi connectivity index (χ0n) is 15.3. The lowest BCUT2D eigenvalue weighted by Crippen LogP contribution is -2.35. The van der Waals surface area contributed by atoms with Crippen molar-refractivity contribution in [2.24, 2.45) is 11.5 Å². The van der Waals surface area contributed by atoms with Crippen molar-refractivity contribution in [3.05, 3.63) is 59.7 Å². The monoisotopic (exact) mass is 432 g/mol. The van der Waals surface area contributed by atoms with Crippen molar-refractivity contribution in [1.29, 1.82) is 0 Å². The number of hydrogen-bond acceptors (Lipinski definition) is 7. The molecule has 0 spiro atoms. The van der Waals surface area contributed by atoms with E-state index in [2.05, 4.69) is 0 Å². The molecule has 2 atom stereocenters. The van der Waals surface area contributed by atoms with Gasteiger partial charge in [-0.05, 0) is 22.3 Å². The van der Waals surface area contributed by atoms with Crippen molar-refractivity contribution in [2.45, 2.75) is 17.2 Å². The van der Waals surface area contributed by atoms with Gasteiger partial charge in [0.1, 0.15) is 12.6 Å². The molecule has 0 bridgehead atoms. The van der Waals surface area contributed by atoms with Gasteiger partial charge in [0.25, 0.3) is 0 Å². The molecule has 0 saturated carbocycles. The Balaban J connectivity index is 1.66. The first-order valence-corrected chi connectivity index (χ1v) is 11.2. The Bertz CT molecular complexity index is 891. The highest BCUT2D eigenvalue weighted by Gasteiger charge is 2.32. The number of carbonyl (C=O) groups is 3. The summed E-state index contributed by atoms with van der Waals surface area (Å²) >= 11 is 0. The van der Waals surface area contributed by atoms with Crippen molar-refractivity contribution < 1.29 is 24.2 Å². The Morgan fingerprint density at radius 1 is 1.03 bits per heavy atom. The number of primary amides is 1. The number of nitrogens with two attached hydrogens (primary N) is 2. The third-order valence-electron chi connectivity index (χ3n) is 4.56. The van der Waals surface area contributed by atoms with Crippen LogP contribution in [0.4, 0.5) is 0 Å². The summed E-state index contributed by atoms with van der Waals surface area (Å²) in [4.78, 5) is 34.9. The molecular formula is C20H20N2O5S2. The van der Waals surface area contributed by atoms with Crippen LogP contribution in [0.5, 0.6) is 0 Å². The Labute approximate surface area is 175 Å². The number of benzene rings is 2.